The molecular formula is C18H35NO3. The molecule has 0 aromatic rings. The van der Waals surface area contributed by atoms with Crippen LogP contribution in [0, 0.1) is 11.8 Å². The average molecular weight is 313 g/mol. The predicted molar refractivity (Wildman–Crippen MR) is 89.0 cm³/mol. The molecule has 0 bridgehead atoms. The number of hydrogen-bond donors (Lipinski definition) is 1. The molecule has 0 aliphatic carbocycles. The molecule has 2 heterocycles. The first-order valence-corrected chi connectivity index (χ1v) is 9.13. The van der Waals surface area contributed by atoms with E-state index in [0.717, 1.165) is 52.2 Å². The van der Waals surface area contributed by atoms with Gasteiger partial charge in [-0.05, 0) is 57.8 Å². The number of ether oxygens (including phenoxy) is 2. The Morgan fingerprint density at radius 1 is 1.27 bits per heavy atom. The molecule has 130 valence electrons. The Hall–Kier alpha value is -0.160. The maximum absolute atomic E-state index is 9.82. The maximum atomic E-state index is 9.82. The van der Waals surface area contributed by atoms with Crippen molar-refractivity contribution in [3.05, 3.63) is 0 Å². The highest BCUT2D eigenvalue weighted by atomic mass is 16.5. The van der Waals surface area contributed by atoms with Gasteiger partial charge in [-0.1, -0.05) is 6.92 Å². The fourth-order valence-electron chi connectivity index (χ4n) is 3.71. The van der Waals surface area contributed by atoms with Crippen LogP contribution in [-0.2, 0) is 9.47 Å². The number of rotatable bonds is 7. The van der Waals surface area contributed by atoms with Gasteiger partial charge in [0, 0.05) is 39.0 Å². The van der Waals surface area contributed by atoms with Crippen LogP contribution in [0.1, 0.15) is 52.9 Å². The normalized spacial score (nSPS) is 28.0. The molecule has 1 N–H and O–H groups in total. The van der Waals surface area contributed by atoms with Crippen LogP contribution in [0.2, 0.25) is 0 Å². The standard InChI is InChI=1S/C18H35NO3/c1-15(2)19-9-7-18(14-20,8-10-19)22-12-6-16(3)17-5-4-11-21-13-17/h15-17,20H,4-14H2,1-3H3. The SMILES string of the molecule is CC(CCOC1(CO)CCN(C(C)C)CC1)C1CCCOC1. The quantitative estimate of drug-likeness (QED) is 0.785. The van der Waals surface area contributed by atoms with Crippen molar-refractivity contribution in [1.29, 1.82) is 0 Å². The van der Waals surface area contributed by atoms with Crippen LogP contribution in [0.25, 0.3) is 0 Å². The number of likely N-dealkylation sites (tertiary alicyclic amines) is 1. The molecule has 2 atom stereocenters. The highest BCUT2D eigenvalue weighted by molar-refractivity contribution is 4.88. The smallest absolute Gasteiger partial charge is 0.0936 e. The summed E-state index contributed by atoms with van der Waals surface area (Å²) < 4.78 is 11.8. The maximum Gasteiger partial charge on any atom is 0.0936 e. The Morgan fingerprint density at radius 2 is 2.00 bits per heavy atom. The summed E-state index contributed by atoms with van der Waals surface area (Å²) in [7, 11) is 0. The van der Waals surface area contributed by atoms with Crippen LogP contribution in [-0.4, -0.2) is 61.2 Å². The third-order valence-corrected chi connectivity index (χ3v) is 5.71. The predicted octanol–water partition coefficient (Wildman–Crippen LogP) is 2.69. The number of hydrogen-bond acceptors (Lipinski definition) is 4. The number of aliphatic hydroxyl groups excluding tert-OH is 1. The molecule has 0 aromatic heterocycles. The van der Waals surface area contributed by atoms with Gasteiger partial charge in [0.1, 0.15) is 0 Å². The number of piperidine rings is 1. The van der Waals surface area contributed by atoms with Crippen LogP contribution in [0.5, 0.6) is 0 Å². The van der Waals surface area contributed by atoms with E-state index in [-0.39, 0.29) is 12.2 Å². The molecule has 2 saturated heterocycles. The summed E-state index contributed by atoms with van der Waals surface area (Å²) in [5.74, 6) is 1.33. The van der Waals surface area contributed by atoms with Crippen molar-refractivity contribution in [3.8, 4) is 0 Å². The number of nitrogens with zero attached hydrogens (tertiary/aromatic N) is 1. The lowest BCUT2D eigenvalue weighted by atomic mass is 9.87. The van der Waals surface area contributed by atoms with Gasteiger partial charge in [-0.2, -0.15) is 0 Å². The highest BCUT2D eigenvalue weighted by Crippen LogP contribution is 2.29. The van der Waals surface area contributed by atoms with Gasteiger partial charge in [0.25, 0.3) is 0 Å². The van der Waals surface area contributed by atoms with Crippen molar-refractivity contribution in [2.75, 3.05) is 39.5 Å². The van der Waals surface area contributed by atoms with E-state index >= 15 is 0 Å². The van der Waals surface area contributed by atoms with E-state index in [1.54, 1.807) is 0 Å². The molecule has 0 radical (unpaired) electrons. The third-order valence-electron chi connectivity index (χ3n) is 5.71. The van der Waals surface area contributed by atoms with Gasteiger partial charge in [-0.15, -0.1) is 0 Å². The minimum Gasteiger partial charge on any atom is -0.393 e. The summed E-state index contributed by atoms with van der Waals surface area (Å²) >= 11 is 0. The van der Waals surface area contributed by atoms with E-state index in [1.165, 1.54) is 12.8 Å². The van der Waals surface area contributed by atoms with Crippen LogP contribution >= 0.6 is 0 Å². The van der Waals surface area contributed by atoms with Crippen LogP contribution < -0.4 is 0 Å². The van der Waals surface area contributed by atoms with Gasteiger partial charge < -0.3 is 19.5 Å². The topological polar surface area (TPSA) is 41.9 Å². The molecule has 2 rings (SSSR count). The minimum absolute atomic E-state index is 0.153. The molecule has 2 aliphatic heterocycles. The largest absolute Gasteiger partial charge is 0.393 e. The first-order valence-electron chi connectivity index (χ1n) is 9.13. The lowest BCUT2D eigenvalue weighted by molar-refractivity contribution is -0.119. The van der Waals surface area contributed by atoms with Gasteiger partial charge in [-0.25, -0.2) is 0 Å². The van der Waals surface area contributed by atoms with E-state index in [2.05, 4.69) is 25.7 Å². The van der Waals surface area contributed by atoms with Gasteiger partial charge in [0.05, 0.1) is 12.2 Å². The van der Waals surface area contributed by atoms with E-state index in [0.29, 0.717) is 17.9 Å². The van der Waals surface area contributed by atoms with Crippen LogP contribution in [0.4, 0.5) is 0 Å². The summed E-state index contributed by atoms with van der Waals surface area (Å²) in [6, 6.07) is 0.586. The molecular weight excluding hydrogens is 278 g/mol. The average Bonchev–Trinajstić information content (AvgIpc) is 2.56. The molecule has 0 amide bonds. The summed E-state index contributed by atoms with van der Waals surface area (Å²) in [6.07, 6.45) is 5.45. The fourth-order valence-corrected chi connectivity index (χ4v) is 3.71. The molecule has 4 heteroatoms. The first-order chi connectivity index (χ1) is 10.6. The summed E-state index contributed by atoms with van der Waals surface area (Å²) in [5, 5.41) is 9.82. The van der Waals surface area contributed by atoms with E-state index in [9.17, 15) is 5.11 Å². The van der Waals surface area contributed by atoms with Gasteiger partial charge >= 0.3 is 0 Å². The van der Waals surface area contributed by atoms with Crippen molar-refractivity contribution >= 4 is 0 Å². The molecule has 22 heavy (non-hydrogen) atoms. The second-order valence-electron chi connectivity index (χ2n) is 7.56. The van der Waals surface area contributed by atoms with Crippen molar-refractivity contribution in [1.82, 2.24) is 4.90 Å². The Bertz CT molecular complexity index is 307. The second-order valence-corrected chi connectivity index (χ2v) is 7.56. The summed E-state index contributed by atoms with van der Waals surface area (Å²) in [6.45, 7) is 11.6. The molecule has 2 fully saturated rings. The molecule has 0 aromatic carbocycles. The second kappa shape index (κ2) is 8.62. The Morgan fingerprint density at radius 3 is 2.55 bits per heavy atom. The molecule has 0 spiro atoms. The van der Waals surface area contributed by atoms with E-state index in [4.69, 9.17) is 9.47 Å². The lowest BCUT2D eigenvalue weighted by Gasteiger charge is -2.42. The van der Waals surface area contributed by atoms with Crippen molar-refractivity contribution in [3.63, 3.8) is 0 Å². The molecule has 4 nitrogen and oxygen atoms in total. The van der Waals surface area contributed by atoms with Gasteiger partial charge in [0.2, 0.25) is 0 Å². The Balaban J connectivity index is 1.72. The molecule has 2 unspecified atom stereocenters. The molecule has 2 aliphatic rings. The molecule has 0 saturated carbocycles. The third kappa shape index (κ3) is 4.92. The lowest BCUT2D eigenvalue weighted by Crippen LogP contribution is -2.50. The van der Waals surface area contributed by atoms with Crippen LogP contribution in [0.15, 0.2) is 0 Å². The zero-order chi connectivity index (χ0) is 16.0. The van der Waals surface area contributed by atoms with Crippen molar-refractivity contribution in [2.24, 2.45) is 11.8 Å². The highest BCUT2D eigenvalue weighted by Gasteiger charge is 2.35. The van der Waals surface area contributed by atoms with Crippen LogP contribution in [0.3, 0.4) is 0 Å². The summed E-state index contributed by atoms with van der Waals surface area (Å²) in [4.78, 5) is 2.47. The summed E-state index contributed by atoms with van der Waals surface area (Å²) in [5.41, 5.74) is -0.297. The Kier molecular flexibility index (Phi) is 7.13. The monoisotopic (exact) mass is 313 g/mol. The number of aliphatic hydroxyl groups is 1. The van der Waals surface area contributed by atoms with Gasteiger partial charge in [-0.3, -0.25) is 0 Å². The van der Waals surface area contributed by atoms with Crippen molar-refractivity contribution in [2.45, 2.75) is 64.5 Å². The van der Waals surface area contributed by atoms with Crippen molar-refractivity contribution < 1.29 is 14.6 Å². The Labute approximate surface area is 136 Å². The van der Waals surface area contributed by atoms with Gasteiger partial charge in [0.15, 0.2) is 0 Å². The zero-order valence-electron chi connectivity index (χ0n) is 14.7. The minimum atomic E-state index is -0.297. The fraction of sp³-hybridized carbons (Fsp3) is 1.00. The van der Waals surface area contributed by atoms with E-state index < -0.39 is 0 Å². The first kappa shape index (κ1) is 18.2. The zero-order valence-corrected chi connectivity index (χ0v) is 14.7. The van der Waals surface area contributed by atoms with E-state index in [1.807, 2.05) is 0 Å².